The largest absolute Gasteiger partial charge is 0.399 e. The second kappa shape index (κ2) is 7.69. The highest BCUT2D eigenvalue weighted by Gasteiger charge is 2.04. The van der Waals surface area contributed by atoms with Crippen molar-refractivity contribution in [3.05, 3.63) is 59.9 Å². The molecule has 0 saturated heterocycles. The Balaban J connectivity index is 1.72. The van der Waals surface area contributed by atoms with Crippen LogP contribution in [-0.4, -0.2) is 18.2 Å². The van der Waals surface area contributed by atoms with Crippen LogP contribution in [0.3, 0.4) is 0 Å². The molecule has 2 rings (SSSR count). The Labute approximate surface area is 127 Å². The number of nitrogen functional groups attached to an aromatic ring is 1. The zero-order valence-corrected chi connectivity index (χ0v) is 12.3. The number of anilines is 1. The molecule has 2 aromatic carbocycles. The maximum atomic E-state index is 13.1. The molecule has 2 aromatic rings. The van der Waals surface area contributed by atoms with E-state index in [-0.39, 0.29) is 17.5 Å². The van der Waals surface area contributed by atoms with Crippen molar-refractivity contribution in [2.75, 3.05) is 18.0 Å². The van der Waals surface area contributed by atoms with Crippen molar-refractivity contribution in [2.45, 2.75) is 11.3 Å². The average Bonchev–Trinajstić information content (AvgIpc) is 2.45. The van der Waals surface area contributed by atoms with E-state index < -0.39 is 0 Å². The molecule has 0 aliphatic carbocycles. The number of thioether (sulfide) groups is 1. The molecule has 0 fully saturated rings. The Morgan fingerprint density at radius 1 is 1.19 bits per heavy atom. The van der Waals surface area contributed by atoms with Crippen LogP contribution in [0.15, 0.2) is 53.4 Å². The Hall–Kier alpha value is -2.01. The van der Waals surface area contributed by atoms with Gasteiger partial charge in [0.1, 0.15) is 5.82 Å². The summed E-state index contributed by atoms with van der Waals surface area (Å²) in [5, 5.41) is 2.85. The van der Waals surface area contributed by atoms with Crippen molar-refractivity contribution in [1.82, 2.24) is 5.32 Å². The Bertz CT molecular complexity index is 584. The lowest BCUT2D eigenvalue weighted by atomic mass is 10.1. The van der Waals surface area contributed by atoms with Gasteiger partial charge in [-0.15, -0.1) is 11.8 Å². The quantitative estimate of drug-likeness (QED) is 0.637. The lowest BCUT2D eigenvalue weighted by molar-refractivity contribution is -0.118. The molecule has 0 heterocycles. The van der Waals surface area contributed by atoms with Crippen molar-refractivity contribution in [1.29, 1.82) is 0 Å². The Morgan fingerprint density at radius 3 is 2.67 bits per heavy atom. The van der Waals surface area contributed by atoms with E-state index in [9.17, 15) is 9.18 Å². The van der Waals surface area contributed by atoms with Gasteiger partial charge in [0.05, 0.1) is 5.75 Å². The first-order valence-electron chi connectivity index (χ1n) is 6.63. The molecular weight excluding hydrogens is 287 g/mol. The molecule has 0 aliphatic rings. The molecule has 0 atom stereocenters. The van der Waals surface area contributed by atoms with E-state index in [0.29, 0.717) is 17.1 Å². The van der Waals surface area contributed by atoms with E-state index in [4.69, 9.17) is 5.73 Å². The van der Waals surface area contributed by atoms with Crippen LogP contribution in [0.25, 0.3) is 0 Å². The average molecular weight is 304 g/mol. The van der Waals surface area contributed by atoms with Gasteiger partial charge >= 0.3 is 0 Å². The number of rotatable bonds is 6. The van der Waals surface area contributed by atoms with Crippen molar-refractivity contribution in [2.24, 2.45) is 0 Å². The van der Waals surface area contributed by atoms with Gasteiger partial charge in [0.15, 0.2) is 0 Å². The van der Waals surface area contributed by atoms with Gasteiger partial charge < -0.3 is 11.1 Å². The van der Waals surface area contributed by atoms with Gasteiger partial charge in [0, 0.05) is 17.1 Å². The van der Waals surface area contributed by atoms with Crippen LogP contribution >= 0.6 is 11.8 Å². The van der Waals surface area contributed by atoms with Crippen LogP contribution in [-0.2, 0) is 11.2 Å². The Morgan fingerprint density at radius 2 is 1.95 bits per heavy atom. The molecule has 3 nitrogen and oxygen atoms in total. The monoisotopic (exact) mass is 304 g/mol. The fraction of sp³-hybridized carbons (Fsp3) is 0.188. The van der Waals surface area contributed by atoms with Crippen molar-refractivity contribution in [3.8, 4) is 0 Å². The zero-order chi connectivity index (χ0) is 15.1. The van der Waals surface area contributed by atoms with E-state index >= 15 is 0 Å². The van der Waals surface area contributed by atoms with Crippen LogP contribution in [0, 0.1) is 5.82 Å². The molecule has 0 bridgehead atoms. The molecule has 0 unspecified atom stereocenters. The van der Waals surface area contributed by atoms with E-state index in [2.05, 4.69) is 5.32 Å². The molecule has 0 saturated carbocycles. The van der Waals surface area contributed by atoms with Crippen LogP contribution in [0.2, 0.25) is 0 Å². The zero-order valence-electron chi connectivity index (χ0n) is 11.5. The number of hydrogen-bond acceptors (Lipinski definition) is 3. The maximum absolute atomic E-state index is 13.1. The molecule has 0 aliphatic heterocycles. The molecule has 3 N–H and O–H groups in total. The minimum absolute atomic E-state index is 0.0706. The number of nitrogens with one attached hydrogen (secondary N) is 1. The van der Waals surface area contributed by atoms with Crippen LogP contribution < -0.4 is 11.1 Å². The summed E-state index contributed by atoms with van der Waals surface area (Å²) in [7, 11) is 0. The normalized spacial score (nSPS) is 10.3. The molecule has 5 heteroatoms. The number of halogens is 1. The summed E-state index contributed by atoms with van der Waals surface area (Å²) in [6, 6.07) is 14.2. The highest BCUT2D eigenvalue weighted by Crippen LogP contribution is 2.21. The van der Waals surface area contributed by atoms with E-state index in [1.807, 2.05) is 30.3 Å². The van der Waals surface area contributed by atoms with Gasteiger partial charge in [0.2, 0.25) is 5.91 Å². The SMILES string of the molecule is Nc1cc(F)cc(SCC(=O)NCCc2ccccc2)c1. The second-order valence-corrected chi connectivity index (χ2v) is 5.64. The minimum Gasteiger partial charge on any atom is -0.399 e. The van der Waals surface area contributed by atoms with Crippen molar-refractivity contribution >= 4 is 23.4 Å². The lowest BCUT2D eigenvalue weighted by Crippen LogP contribution is -2.27. The summed E-state index contributed by atoms with van der Waals surface area (Å²) in [5.74, 6) is -0.210. The molecule has 0 radical (unpaired) electrons. The van der Waals surface area contributed by atoms with Gasteiger partial charge in [-0.1, -0.05) is 30.3 Å². The predicted octanol–water partition coefficient (Wildman–Crippen LogP) is 2.86. The second-order valence-electron chi connectivity index (χ2n) is 4.59. The highest BCUT2D eigenvalue weighted by atomic mass is 32.2. The Kier molecular flexibility index (Phi) is 5.63. The molecular formula is C16H17FN2OS. The van der Waals surface area contributed by atoms with E-state index in [0.717, 1.165) is 6.42 Å². The summed E-state index contributed by atoms with van der Waals surface area (Å²) < 4.78 is 13.1. The number of benzene rings is 2. The first-order chi connectivity index (χ1) is 10.1. The fourth-order valence-corrected chi connectivity index (χ4v) is 2.67. The van der Waals surface area contributed by atoms with E-state index in [1.54, 1.807) is 6.07 Å². The minimum atomic E-state index is -0.387. The number of hydrogen-bond donors (Lipinski definition) is 2. The van der Waals surface area contributed by atoms with E-state index in [1.165, 1.54) is 29.5 Å². The number of nitrogens with two attached hydrogens (primary N) is 1. The summed E-state index contributed by atoms with van der Waals surface area (Å²) in [4.78, 5) is 12.4. The van der Waals surface area contributed by atoms with Crippen LogP contribution in [0.5, 0.6) is 0 Å². The molecule has 0 spiro atoms. The number of amides is 1. The van der Waals surface area contributed by atoms with Crippen LogP contribution in [0.1, 0.15) is 5.56 Å². The molecule has 110 valence electrons. The van der Waals surface area contributed by atoms with Gasteiger partial charge in [-0.3, -0.25) is 4.79 Å². The van der Waals surface area contributed by atoms with Gasteiger partial charge in [0.25, 0.3) is 0 Å². The predicted molar refractivity (Wildman–Crippen MR) is 84.7 cm³/mol. The number of carbonyl (C=O) groups excluding carboxylic acids is 1. The van der Waals surface area contributed by atoms with Crippen LogP contribution in [0.4, 0.5) is 10.1 Å². The van der Waals surface area contributed by atoms with Gasteiger partial charge in [-0.25, -0.2) is 4.39 Å². The molecule has 0 aromatic heterocycles. The first-order valence-corrected chi connectivity index (χ1v) is 7.61. The van der Waals surface area contributed by atoms with Gasteiger partial charge in [-0.05, 0) is 30.2 Å². The highest BCUT2D eigenvalue weighted by molar-refractivity contribution is 8.00. The summed E-state index contributed by atoms with van der Waals surface area (Å²) >= 11 is 1.27. The third-order valence-electron chi connectivity index (χ3n) is 2.84. The first kappa shape index (κ1) is 15.4. The summed E-state index contributed by atoms with van der Waals surface area (Å²) in [6.45, 7) is 0.592. The smallest absolute Gasteiger partial charge is 0.230 e. The molecule has 21 heavy (non-hydrogen) atoms. The number of carbonyl (C=O) groups is 1. The van der Waals surface area contributed by atoms with Gasteiger partial charge in [-0.2, -0.15) is 0 Å². The molecule has 1 amide bonds. The fourth-order valence-electron chi connectivity index (χ4n) is 1.86. The lowest BCUT2D eigenvalue weighted by Gasteiger charge is -2.06. The van der Waals surface area contributed by atoms with Crippen molar-refractivity contribution < 1.29 is 9.18 Å². The third kappa shape index (κ3) is 5.47. The van der Waals surface area contributed by atoms with Crippen molar-refractivity contribution in [3.63, 3.8) is 0 Å². The maximum Gasteiger partial charge on any atom is 0.230 e. The summed E-state index contributed by atoms with van der Waals surface area (Å²) in [5.41, 5.74) is 7.10. The topological polar surface area (TPSA) is 55.1 Å². The standard InChI is InChI=1S/C16H17FN2OS/c17-13-8-14(18)10-15(9-13)21-11-16(20)19-7-6-12-4-2-1-3-5-12/h1-5,8-10H,6-7,11,18H2,(H,19,20). The third-order valence-corrected chi connectivity index (χ3v) is 3.82. The summed E-state index contributed by atoms with van der Waals surface area (Å²) in [6.07, 6.45) is 0.796.